The number of carbonyl (C=O) groups is 1. The smallest absolute Gasteiger partial charge is 0.335 e. The molecule has 0 aromatic heterocycles. The van der Waals surface area contributed by atoms with E-state index in [-0.39, 0.29) is 11.7 Å². The van der Waals surface area contributed by atoms with E-state index in [0.717, 1.165) is 26.2 Å². The second-order valence-electron chi connectivity index (χ2n) is 5.79. The first kappa shape index (κ1) is 15.8. The topological polar surface area (TPSA) is 59.0 Å². The molecular weight excluding hydrogens is 270 g/mol. The molecule has 1 heterocycles. The molecule has 2 rings (SSSR count). The zero-order valence-electron chi connectivity index (χ0n) is 12.6. The summed E-state index contributed by atoms with van der Waals surface area (Å²) in [6.07, 6.45) is 0.0663. The fraction of sp³-hybridized carbons (Fsp3) is 0.562. The van der Waals surface area contributed by atoms with Crippen molar-refractivity contribution in [3.8, 4) is 5.75 Å². The van der Waals surface area contributed by atoms with E-state index in [1.165, 1.54) is 0 Å². The average Bonchev–Trinajstić information content (AvgIpc) is 2.45. The summed E-state index contributed by atoms with van der Waals surface area (Å²) in [6, 6.07) is 6.45. The van der Waals surface area contributed by atoms with E-state index in [2.05, 4.69) is 18.7 Å². The number of morpholine rings is 1. The fourth-order valence-corrected chi connectivity index (χ4v) is 2.45. The van der Waals surface area contributed by atoms with E-state index < -0.39 is 5.97 Å². The van der Waals surface area contributed by atoms with E-state index >= 15 is 0 Å². The average molecular weight is 293 g/mol. The molecule has 0 radical (unpaired) electrons. The van der Waals surface area contributed by atoms with Crippen LogP contribution in [0.4, 0.5) is 0 Å². The van der Waals surface area contributed by atoms with Crippen molar-refractivity contribution in [1.29, 1.82) is 0 Å². The third-order valence-electron chi connectivity index (χ3n) is 3.38. The molecule has 0 saturated carbocycles. The van der Waals surface area contributed by atoms with Gasteiger partial charge in [-0.1, -0.05) is 13.8 Å². The number of aromatic carboxylic acids is 1. The molecule has 1 fully saturated rings. The Morgan fingerprint density at radius 1 is 1.43 bits per heavy atom. The third-order valence-corrected chi connectivity index (χ3v) is 3.38. The Hall–Kier alpha value is -1.59. The molecule has 1 N–H and O–H groups in total. The maximum atomic E-state index is 10.8. The number of carboxylic acid groups (broad SMARTS) is 1. The summed E-state index contributed by atoms with van der Waals surface area (Å²) >= 11 is 0. The molecule has 1 unspecified atom stereocenters. The summed E-state index contributed by atoms with van der Waals surface area (Å²) in [5.41, 5.74) is 0.263. The minimum atomic E-state index is -0.929. The van der Waals surface area contributed by atoms with Crippen LogP contribution in [0.25, 0.3) is 0 Å². The molecule has 1 aliphatic heterocycles. The van der Waals surface area contributed by atoms with Crippen LogP contribution in [-0.4, -0.2) is 54.9 Å². The monoisotopic (exact) mass is 293 g/mol. The van der Waals surface area contributed by atoms with Crippen LogP contribution in [0.5, 0.6) is 5.75 Å². The summed E-state index contributed by atoms with van der Waals surface area (Å²) in [7, 11) is 0. The standard InChI is InChI=1S/C16H23NO4/c1-12(2)9-17-7-8-20-15(10-17)11-21-14-5-3-13(4-6-14)16(18)19/h3-6,12,15H,7-11H2,1-2H3,(H,18,19). The molecule has 1 atom stereocenters. The molecular formula is C16H23NO4. The summed E-state index contributed by atoms with van der Waals surface area (Å²) in [5, 5.41) is 8.84. The van der Waals surface area contributed by atoms with Gasteiger partial charge in [0.1, 0.15) is 18.5 Å². The lowest BCUT2D eigenvalue weighted by atomic mass is 10.2. The van der Waals surface area contributed by atoms with Gasteiger partial charge in [0.15, 0.2) is 0 Å². The highest BCUT2D eigenvalue weighted by Crippen LogP contribution is 2.14. The molecule has 0 spiro atoms. The van der Waals surface area contributed by atoms with E-state index in [1.807, 2.05) is 0 Å². The first-order valence-corrected chi connectivity index (χ1v) is 7.34. The molecule has 0 aliphatic carbocycles. The van der Waals surface area contributed by atoms with Gasteiger partial charge in [-0.05, 0) is 30.2 Å². The van der Waals surface area contributed by atoms with Crippen LogP contribution in [0.15, 0.2) is 24.3 Å². The van der Waals surface area contributed by atoms with Crippen molar-refractivity contribution < 1.29 is 19.4 Å². The summed E-state index contributed by atoms with van der Waals surface area (Å²) < 4.78 is 11.4. The largest absolute Gasteiger partial charge is 0.491 e. The summed E-state index contributed by atoms with van der Waals surface area (Å²) in [4.78, 5) is 13.2. The molecule has 0 amide bonds. The Morgan fingerprint density at radius 2 is 2.14 bits per heavy atom. The van der Waals surface area contributed by atoms with Crippen molar-refractivity contribution in [3.63, 3.8) is 0 Å². The molecule has 21 heavy (non-hydrogen) atoms. The molecule has 116 valence electrons. The Bertz CT molecular complexity index is 458. The number of ether oxygens (including phenoxy) is 2. The molecule has 1 aliphatic rings. The molecule has 0 bridgehead atoms. The first-order valence-electron chi connectivity index (χ1n) is 7.34. The maximum Gasteiger partial charge on any atom is 0.335 e. The van der Waals surface area contributed by atoms with Crippen molar-refractivity contribution in [2.24, 2.45) is 5.92 Å². The van der Waals surface area contributed by atoms with Gasteiger partial charge in [-0.15, -0.1) is 0 Å². The predicted molar refractivity (Wildman–Crippen MR) is 79.9 cm³/mol. The molecule has 1 saturated heterocycles. The number of hydrogen-bond donors (Lipinski definition) is 1. The zero-order valence-corrected chi connectivity index (χ0v) is 12.6. The number of nitrogens with zero attached hydrogens (tertiary/aromatic N) is 1. The fourth-order valence-electron chi connectivity index (χ4n) is 2.45. The SMILES string of the molecule is CC(C)CN1CCOC(COc2ccc(C(=O)O)cc2)C1. The first-order chi connectivity index (χ1) is 10.0. The van der Waals surface area contributed by atoms with Crippen LogP contribution < -0.4 is 4.74 Å². The van der Waals surface area contributed by atoms with Crippen LogP contribution in [-0.2, 0) is 4.74 Å². The minimum absolute atomic E-state index is 0.0663. The highest BCUT2D eigenvalue weighted by atomic mass is 16.5. The lowest BCUT2D eigenvalue weighted by molar-refractivity contribution is -0.0505. The lowest BCUT2D eigenvalue weighted by Crippen LogP contribution is -2.46. The quantitative estimate of drug-likeness (QED) is 0.870. The Kier molecular flexibility index (Phi) is 5.59. The third kappa shape index (κ3) is 5.02. The van der Waals surface area contributed by atoms with Crippen LogP contribution in [0.3, 0.4) is 0 Å². The van der Waals surface area contributed by atoms with Gasteiger partial charge in [0.05, 0.1) is 12.2 Å². The van der Waals surface area contributed by atoms with Crippen molar-refractivity contribution in [1.82, 2.24) is 4.90 Å². The minimum Gasteiger partial charge on any atom is -0.491 e. The maximum absolute atomic E-state index is 10.8. The van der Waals surface area contributed by atoms with Gasteiger partial charge in [0, 0.05) is 19.6 Å². The molecule has 1 aromatic carbocycles. The highest BCUT2D eigenvalue weighted by Gasteiger charge is 2.21. The second-order valence-corrected chi connectivity index (χ2v) is 5.79. The van der Waals surface area contributed by atoms with Gasteiger partial charge in [0.25, 0.3) is 0 Å². The van der Waals surface area contributed by atoms with E-state index in [4.69, 9.17) is 14.6 Å². The summed E-state index contributed by atoms with van der Waals surface area (Å²) in [6.45, 7) is 8.58. The van der Waals surface area contributed by atoms with Crippen molar-refractivity contribution in [3.05, 3.63) is 29.8 Å². The highest BCUT2D eigenvalue weighted by molar-refractivity contribution is 5.87. The van der Waals surface area contributed by atoms with Crippen LogP contribution >= 0.6 is 0 Å². The normalized spacial score (nSPS) is 19.7. The number of hydrogen-bond acceptors (Lipinski definition) is 4. The van der Waals surface area contributed by atoms with Crippen LogP contribution in [0.2, 0.25) is 0 Å². The second kappa shape index (κ2) is 7.43. The van der Waals surface area contributed by atoms with Gasteiger partial charge in [-0.2, -0.15) is 0 Å². The molecule has 1 aromatic rings. The number of carboxylic acids is 1. The molecule has 5 heteroatoms. The Balaban J connectivity index is 1.80. The van der Waals surface area contributed by atoms with Crippen LogP contribution in [0.1, 0.15) is 24.2 Å². The van der Waals surface area contributed by atoms with Gasteiger partial charge in [0.2, 0.25) is 0 Å². The van der Waals surface area contributed by atoms with Gasteiger partial charge < -0.3 is 14.6 Å². The number of benzene rings is 1. The Morgan fingerprint density at radius 3 is 2.76 bits per heavy atom. The van der Waals surface area contributed by atoms with E-state index in [0.29, 0.717) is 18.3 Å². The van der Waals surface area contributed by atoms with Crippen molar-refractivity contribution in [2.75, 3.05) is 32.8 Å². The lowest BCUT2D eigenvalue weighted by Gasteiger charge is -2.33. The van der Waals surface area contributed by atoms with E-state index in [1.54, 1.807) is 24.3 Å². The Labute approximate surface area is 125 Å². The van der Waals surface area contributed by atoms with Gasteiger partial charge in [-0.25, -0.2) is 4.79 Å². The van der Waals surface area contributed by atoms with Gasteiger partial charge in [-0.3, -0.25) is 4.90 Å². The summed E-state index contributed by atoms with van der Waals surface area (Å²) in [5.74, 6) is 0.388. The van der Waals surface area contributed by atoms with Gasteiger partial charge >= 0.3 is 5.97 Å². The van der Waals surface area contributed by atoms with E-state index in [9.17, 15) is 4.79 Å². The number of rotatable bonds is 6. The van der Waals surface area contributed by atoms with Crippen LogP contribution in [0, 0.1) is 5.92 Å². The predicted octanol–water partition coefficient (Wildman–Crippen LogP) is 2.12. The van der Waals surface area contributed by atoms with Crippen molar-refractivity contribution in [2.45, 2.75) is 20.0 Å². The van der Waals surface area contributed by atoms with Crippen molar-refractivity contribution >= 4 is 5.97 Å². The zero-order chi connectivity index (χ0) is 15.2. The molecule has 5 nitrogen and oxygen atoms in total.